The van der Waals surface area contributed by atoms with Crippen LogP contribution >= 0.6 is 0 Å². The van der Waals surface area contributed by atoms with Crippen LogP contribution in [0, 0.1) is 6.92 Å². The summed E-state index contributed by atoms with van der Waals surface area (Å²) in [4.78, 5) is 28.6. The number of nitrogens with zero attached hydrogens (tertiary/aromatic N) is 3. The fourth-order valence-electron chi connectivity index (χ4n) is 3.86. The number of aromatic amines is 1. The molecule has 3 aromatic heterocycles. The van der Waals surface area contributed by atoms with Crippen LogP contribution in [0.25, 0.3) is 10.9 Å². The second-order valence-corrected chi connectivity index (χ2v) is 8.28. The second-order valence-electron chi connectivity index (χ2n) is 8.28. The molecular formula is C25H28N6O2. The maximum absolute atomic E-state index is 12.7. The van der Waals surface area contributed by atoms with Crippen LogP contribution in [-0.2, 0) is 5.60 Å². The summed E-state index contributed by atoms with van der Waals surface area (Å²) in [6, 6.07) is 13.3. The maximum Gasteiger partial charge on any atom is 0.254 e. The van der Waals surface area contributed by atoms with E-state index in [0.717, 1.165) is 22.2 Å². The van der Waals surface area contributed by atoms with Crippen molar-refractivity contribution >= 4 is 22.6 Å². The number of carbonyl (C=O) groups is 1. The van der Waals surface area contributed by atoms with Gasteiger partial charge in [0.15, 0.2) is 0 Å². The van der Waals surface area contributed by atoms with Gasteiger partial charge in [0.2, 0.25) is 0 Å². The molecule has 170 valence electrons. The summed E-state index contributed by atoms with van der Waals surface area (Å²) in [6.07, 6.45) is 4.91. The summed E-state index contributed by atoms with van der Waals surface area (Å²) in [5, 5.41) is 18.2. The first-order chi connectivity index (χ1) is 15.9. The minimum atomic E-state index is -1.02. The summed E-state index contributed by atoms with van der Waals surface area (Å²) in [5.41, 5.74) is 3.04. The van der Waals surface area contributed by atoms with E-state index >= 15 is 0 Å². The van der Waals surface area contributed by atoms with Crippen LogP contribution in [0.5, 0.6) is 0 Å². The van der Waals surface area contributed by atoms with Crippen molar-refractivity contribution in [3.63, 3.8) is 0 Å². The molecule has 0 spiro atoms. The van der Waals surface area contributed by atoms with Crippen LogP contribution in [0.4, 0.5) is 5.82 Å². The lowest BCUT2D eigenvalue weighted by Crippen LogP contribution is -2.32. The lowest BCUT2D eigenvalue weighted by molar-refractivity contribution is 0.0486. The summed E-state index contributed by atoms with van der Waals surface area (Å²) < 4.78 is 0. The van der Waals surface area contributed by atoms with Crippen LogP contribution in [0.2, 0.25) is 0 Å². The van der Waals surface area contributed by atoms with Crippen LogP contribution in [0.15, 0.2) is 61.2 Å². The van der Waals surface area contributed by atoms with Crippen molar-refractivity contribution in [1.29, 1.82) is 0 Å². The minimum absolute atomic E-state index is 0.254. The molecule has 1 amide bonds. The zero-order valence-electron chi connectivity index (χ0n) is 19.0. The van der Waals surface area contributed by atoms with E-state index in [9.17, 15) is 9.90 Å². The molecule has 4 N–H and O–H groups in total. The Morgan fingerprint density at radius 3 is 2.67 bits per heavy atom. The smallest absolute Gasteiger partial charge is 0.254 e. The fourth-order valence-corrected chi connectivity index (χ4v) is 3.86. The Labute approximate surface area is 192 Å². The van der Waals surface area contributed by atoms with Crippen molar-refractivity contribution in [3.8, 4) is 0 Å². The number of H-pyrrole nitrogens is 1. The number of aryl methyl sites for hydroxylation is 1. The molecule has 4 rings (SSSR count). The Morgan fingerprint density at radius 2 is 1.91 bits per heavy atom. The van der Waals surface area contributed by atoms with Crippen LogP contribution < -0.4 is 10.6 Å². The number of aromatic nitrogens is 4. The Balaban J connectivity index is 1.67. The van der Waals surface area contributed by atoms with Gasteiger partial charge in [-0.2, -0.15) is 0 Å². The van der Waals surface area contributed by atoms with Gasteiger partial charge in [0, 0.05) is 41.1 Å². The normalized spacial score (nSPS) is 13.9. The van der Waals surface area contributed by atoms with Crippen molar-refractivity contribution in [2.45, 2.75) is 38.8 Å². The van der Waals surface area contributed by atoms with Gasteiger partial charge in [0.05, 0.1) is 17.3 Å². The van der Waals surface area contributed by atoms with Gasteiger partial charge in [-0.1, -0.05) is 31.2 Å². The third-order valence-corrected chi connectivity index (χ3v) is 5.89. The van der Waals surface area contributed by atoms with Gasteiger partial charge in [-0.3, -0.25) is 4.79 Å². The van der Waals surface area contributed by atoms with Crippen LogP contribution in [0.1, 0.15) is 53.6 Å². The minimum Gasteiger partial charge on any atom is -0.384 e. The Morgan fingerprint density at radius 1 is 1.15 bits per heavy atom. The molecule has 4 aromatic rings. The predicted octanol–water partition coefficient (Wildman–Crippen LogP) is 3.86. The topological polar surface area (TPSA) is 116 Å². The highest BCUT2D eigenvalue weighted by molar-refractivity contribution is 5.93. The van der Waals surface area contributed by atoms with Gasteiger partial charge in [0.25, 0.3) is 5.91 Å². The van der Waals surface area contributed by atoms with E-state index in [0.29, 0.717) is 30.0 Å². The number of pyridine rings is 1. The molecule has 0 radical (unpaired) electrons. The van der Waals surface area contributed by atoms with Gasteiger partial charge in [0.1, 0.15) is 17.7 Å². The average molecular weight is 445 g/mol. The molecule has 0 saturated heterocycles. The summed E-state index contributed by atoms with van der Waals surface area (Å²) in [7, 11) is 0. The highest BCUT2D eigenvalue weighted by atomic mass is 16.3. The van der Waals surface area contributed by atoms with Gasteiger partial charge in [-0.15, -0.1) is 0 Å². The monoisotopic (exact) mass is 444 g/mol. The molecule has 0 saturated carbocycles. The van der Waals surface area contributed by atoms with E-state index < -0.39 is 5.60 Å². The summed E-state index contributed by atoms with van der Waals surface area (Å²) in [6.45, 7) is 6.00. The summed E-state index contributed by atoms with van der Waals surface area (Å²) in [5.74, 6) is 0.365. The zero-order valence-corrected chi connectivity index (χ0v) is 19.0. The molecule has 33 heavy (non-hydrogen) atoms. The highest BCUT2D eigenvalue weighted by Gasteiger charge is 2.24. The van der Waals surface area contributed by atoms with E-state index in [4.69, 9.17) is 0 Å². The third kappa shape index (κ3) is 4.85. The van der Waals surface area contributed by atoms with Crippen molar-refractivity contribution in [2.24, 2.45) is 0 Å². The molecule has 0 aliphatic rings. The lowest BCUT2D eigenvalue weighted by atomic mass is 9.98. The van der Waals surface area contributed by atoms with E-state index in [-0.39, 0.29) is 11.9 Å². The molecule has 2 unspecified atom stereocenters. The fraction of sp³-hybridized carbons (Fsp3) is 0.280. The SMILES string of the molecule is CCC(C)(O)c1cccc(NC(CNC(=O)c2cncnc2)c2c(C)[nH]c3ccccc23)n1. The number of benzene rings is 1. The maximum atomic E-state index is 12.7. The number of aliphatic hydroxyl groups is 1. The van der Waals surface area contributed by atoms with E-state index in [2.05, 4.69) is 36.6 Å². The zero-order chi connectivity index (χ0) is 23.4. The van der Waals surface area contributed by atoms with Crippen LogP contribution in [-0.4, -0.2) is 37.5 Å². The molecule has 1 aromatic carbocycles. The molecule has 0 aliphatic heterocycles. The molecule has 0 aliphatic carbocycles. The van der Waals surface area contributed by atoms with Gasteiger partial charge >= 0.3 is 0 Å². The Hall–Kier alpha value is -3.78. The standard InChI is InChI=1S/C25H28N6O2/c1-4-25(3,33)21-10-7-11-22(31-21)30-20(14-28-24(32)17-12-26-15-27-13-17)23-16(2)29-19-9-6-5-8-18(19)23/h5-13,15,20,29,33H,4,14H2,1-3H3,(H,28,32)(H,30,31). The number of para-hydroxylation sites is 1. The molecular weight excluding hydrogens is 416 g/mol. The predicted molar refractivity (Wildman–Crippen MR) is 128 cm³/mol. The van der Waals surface area contributed by atoms with Gasteiger partial charge in [-0.25, -0.2) is 15.0 Å². The number of carbonyl (C=O) groups excluding carboxylic acids is 1. The van der Waals surface area contributed by atoms with E-state index in [1.807, 2.05) is 50.2 Å². The first-order valence-electron chi connectivity index (χ1n) is 11.0. The van der Waals surface area contributed by atoms with Gasteiger partial charge in [-0.05, 0) is 38.5 Å². The average Bonchev–Trinajstić information content (AvgIpc) is 3.18. The Bertz CT molecular complexity index is 1250. The quantitative estimate of drug-likeness (QED) is 0.328. The number of fused-ring (bicyclic) bond motifs is 1. The number of nitrogens with one attached hydrogen (secondary N) is 3. The number of hydrogen-bond acceptors (Lipinski definition) is 6. The third-order valence-electron chi connectivity index (χ3n) is 5.89. The van der Waals surface area contributed by atoms with Crippen molar-refractivity contribution in [1.82, 2.24) is 25.3 Å². The molecule has 0 fully saturated rings. The second kappa shape index (κ2) is 9.38. The number of anilines is 1. The molecule has 8 nitrogen and oxygen atoms in total. The van der Waals surface area contributed by atoms with E-state index in [1.165, 1.54) is 18.7 Å². The summed E-state index contributed by atoms with van der Waals surface area (Å²) >= 11 is 0. The van der Waals surface area contributed by atoms with Crippen molar-refractivity contribution in [3.05, 3.63) is 83.7 Å². The highest BCUT2D eigenvalue weighted by Crippen LogP contribution is 2.30. The first-order valence-corrected chi connectivity index (χ1v) is 11.0. The first kappa shape index (κ1) is 22.4. The number of rotatable bonds is 8. The lowest BCUT2D eigenvalue weighted by Gasteiger charge is -2.24. The molecule has 8 heteroatoms. The largest absolute Gasteiger partial charge is 0.384 e. The molecule has 2 atom stereocenters. The number of amides is 1. The van der Waals surface area contributed by atoms with E-state index in [1.54, 1.807) is 6.92 Å². The van der Waals surface area contributed by atoms with Gasteiger partial charge < -0.3 is 20.7 Å². The Kier molecular flexibility index (Phi) is 6.37. The van der Waals surface area contributed by atoms with Crippen LogP contribution in [0.3, 0.4) is 0 Å². The van der Waals surface area contributed by atoms with Crippen molar-refractivity contribution < 1.29 is 9.90 Å². The molecule has 3 heterocycles. The van der Waals surface area contributed by atoms with Crippen molar-refractivity contribution in [2.75, 3.05) is 11.9 Å². The number of hydrogen-bond donors (Lipinski definition) is 4. The molecule has 0 bridgehead atoms.